The van der Waals surface area contributed by atoms with E-state index in [4.69, 9.17) is 13.9 Å². The Labute approximate surface area is 194 Å². The Morgan fingerprint density at radius 2 is 1.73 bits per heavy atom. The summed E-state index contributed by atoms with van der Waals surface area (Å²) >= 11 is 0. The fourth-order valence-corrected chi connectivity index (χ4v) is 3.22. The number of ether oxygens (including phenoxy) is 2. The molecule has 0 spiro atoms. The van der Waals surface area contributed by atoms with Gasteiger partial charge in [-0.25, -0.2) is 4.79 Å². The van der Waals surface area contributed by atoms with Crippen LogP contribution in [0.4, 0.5) is 10.5 Å². The molecule has 0 saturated carbocycles. The van der Waals surface area contributed by atoms with Crippen LogP contribution < -0.4 is 10.6 Å². The highest BCUT2D eigenvalue weighted by Crippen LogP contribution is 2.16. The summed E-state index contributed by atoms with van der Waals surface area (Å²) < 4.78 is 16.2. The van der Waals surface area contributed by atoms with Gasteiger partial charge in [0, 0.05) is 5.69 Å². The third-order valence-corrected chi connectivity index (χ3v) is 5.27. The number of hydrogen-bond acceptors (Lipinski definition) is 5. The molecule has 7 heteroatoms. The molecule has 2 N–H and O–H groups in total. The van der Waals surface area contributed by atoms with Crippen LogP contribution in [-0.2, 0) is 34.1 Å². The third-order valence-electron chi connectivity index (χ3n) is 5.27. The maximum atomic E-state index is 13.0. The summed E-state index contributed by atoms with van der Waals surface area (Å²) in [5, 5.41) is 5.61. The number of hydrogen-bond donors (Lipinski definition) is 2. The summed E-state index contributed by atoms with van der Waals surface area (Å²) in [5.74, 6) is 0.379. The van der Waals surface area contributed by atoms with Crippen LogP contribution in [0, 0.1) is 5.92 Å². The quantitative estimate of drug-likeness (QED) is 0.415. The van der Waals surface area contributed by atoms with Crippen molar-refractivity contribution in [3.05, 3.63) is 89.9 Å². The summed E-state index contributed by atoms with van der Waals surface area (Å²) in [7, 11) is 0. The Hall–Kier alpha value is -3.58. The molecule has 1 heterocycles. The molecule has 33 heavy (non-hydrogen) atoms. The van der Waals surface area contributed by atoms with Gasteiger partial charge in [0.1, 0.15) is 25.0 Å². The number of furan rings is 1. The normalized spacial score (nSPS) is 12.5. The molecule has 1 aromatic heterocycles. The Morgan fingerprint density at radius 3 is 2.45 bits per heavy atom. The van der Waals surface area contributed by atoms with Crippen molar-refractivity contribution < 1.29 is 23.5 Å². The van der Waals surface area contributed by atoms with Crippen molar-refractivity contribution in [2.24, 2.45) is 5.92 Å². The molecule has 0 saturated heterocycles. The van der Waals surface area contributed by atoms with Crippen LogP contribution in [0.2, 0.25) is 0 Å². The number of amides is 2. The van der Waals surface area contributed by atoms with E-state index in [0.29, 0.717) is 18.9 Å². The predicted octanol–water partition coefficient (Wildman–Crippen LogP) is 5.28. The van der Waals surface area contributed by atoms with Crippen molar-refractivity contribution in [1.82, 2.24) is 5.32 Å². The number of carbonyl (C=O) groups excluding carboxylic acids is 2. The smallest absolute Gasteiger partial charge is 0.408 e. The van der Waals surface area contributed by atoms with Crippen LogP contribution in [0.1, 0.15) is 37.2 Å². The Kier molecular flexibility index (Phi) is 9.08. The maximum Gasteiger partial charge on any atom is 0.408 e. The van der Waals surface area contributed by atoms with E-state index in [-0.39, 0.29) is 18.4 Å². The summed E-state index contributed by atoms with van der Waals surface area (Å²) in [5.41, 5.74) is 2.42. The first-order valence-electron chi connectivity index (χ1n) is 11.0. The summed E-state index contributed by atoms with van der Waals surface area (Å²) in [6.07, 6.45) is 1.70. The fourth-order valence-electron chi connectivity index (χ4n) is 3.22. The first kappa shape index (κ1) is 24.1. The zero-order valence-corrected chi connectivity index (χ0v) is 19.0. The minimum absolute atomic E-state index is 0.0749. The Bertz CT molecular complexity index is 1000. The lowest BCUT2D eigenvalue weighted by atomic mass is 9.98. The average molecular weight is 451 g/mol. The van der Waals surface area contributed by atoms with Crippen molar-refractivity contribution >= 4 is 17.7 Å². The van der Waals surface area contributed by atoms with Crippen LogP contribution in [0.3, 0.4) is 0 Å². The standard InChI is InChI=1S/C26H30N2O5/c1-3-19(2)24(28-26(30)33-17-20-9-5-4-6-10-20)25(29)27-22-12-7-11-21(15-22)16-31-18-23-13-8-14-32-23/h4-15,19,24H,3,16-18H2,1-2H3,(H,27,29)(H,28,30)/t19-,24-/m0/s1. The lowest BCUT2D eigenvalue weighted by Gasteiger charge is -2.23. The van der Waals surface area contributed by atoms with E-state index < -0.39 is 12.1 Å². The molecule has 0 bridgehead atoms. The van der Waals surface area contributed by atoms with Crippen molar-refractivity contribution in [1.29, 1.82) is 0 Å². The molecular formula is C26H30N2O5. The van der Waals surface area contributed by atoms with Crippen LogP contribution in [-0.4, -0.2) is 18.0 Å². The molecule has 0 radical (unpaired) electrons. The van der Waals surface area contributed by atoms with Crippen LogP contribution in [0.15, 0.2) is 77.4 Å². The highest BCUT2D eigenvalue weighted by Gasteiger charge is 2.26. The van der Waals surface area contributed by atoms with E-state index in [1.807, 2.05) is 74.5 Å². The highest BCUT2D eigenvalue weighted by molar-refractivity contribution is 5.96. The number of benzene rings is 2. The molecular weight excluding hydrogens is 420 g/mol. The number of carbonyl (C=O) groups is 2. The second kappa shape index (κ2) is 12.5. The number of nitrogens with one attached hydrogen (secondary N) is 2. The second-order valence-corrected chi connectivity index (χ2v) is 7.83. The van der Waals surface area contributed by atoms with Gasteiger partial charge in [0.05, 0.1) is 12.9 Å². The maximum absolute atomic E-state index is 13.0. The van der Waals surface area contributed by atoms with Crippen molar-refractivity contribution in [2.45, 2.75) is 46.1 Å². The van der Waals surface area contributed by atoms with Crippen LogP contribution in [0.25, 0.3) is 0 Å². The summed E-state index contributed by atoms with van der Waals surface area (Å²) in [4.78, 5) is 25.3. The molecule has 0 aliphatic rings. The molecule has 3 rings (SSSR count). The van der Waals surface area contributed by atoms with Gasteiger partial charge >= 0.3 is 6.09 Å². The molecule has 2 atom stereocenters. The van der Waals surface area contributed by atoms with Crippen molar-refractivity contribution in [2.75, 3.05) is 5.32 Å². The van der Waals surface area contributed by atoms with Crippen LogP contribution >= 0.6 is 0 Å². The van der Waals surface area contributed by atoms with E-state index in [1.54, 1.807) is 12.3 Å². The minimum Gasteiger partial charge on any atom is -0.467 e. The monoisotopic (exact) mass is 450 g/mol. The first-order chi connectivity index (χ1) is 16.0. The van der Waals surface area contributed by atoms with Gasteiger partial charge < -0.3 is 24.5 Å². The predicted molar refractivity (Wildman–Crippen MR) is 125 cm³/mol. The summed E-state index contributed by atoms with van der Waals surface area (Å²) in [6.45, 7) is 4.78. The average Bonchev–Trinajstić information content (AvgIpc) is 3.35. The fraction of sp³-hybridized carbons (Fsp3) is 0.308. The van der Waals surface area contributed by atoms with Gasteiger partial charge in [-0.15, -0.1) is 0 Å². The van der Waals surface area contributed by atoms with Gasteiger partial charge in [-0.05, 0) is 41.3 Å². The number of alkyl carbamates (subject to hydrolysis) is 1. The molecule has 0 fully saturated rings. The topological polar surface area (TPSA) is 89.8 Å². The van der Waals surface area contributed by atoms with Crippen molar-refractivity contribution in [3.8, 4) is 0 Å². The Balaban J connectivity index is 1.54. The Morgan fingerprint density at radius 1 is 0.939 bits per heavy atom. The second-order valence-electron chi connectivity index (χ2n) is 7.83. The zero-order chi connectivity index (χ0) is 23.5. The third kappa shape index (κ3) is 7.80. The largest absolute Gasteiger partial charge is 0.467 e. The molecule has 174 valence electrons. The van der Waals surface area contributed by atoms with Crippen LogP contribution in [0.5, 0.6) is 0 Å². The molecule has 3 aromatic rings. The minimum atomic E-state index is -0.725. The highest BCUT2D eigenvalue weighted by atomic mass is 16.5. The van der Waals surface area contributed by atoms with Gasteiger partial charge in [0.15, 0.2) is 0 Å². The van der Waals surface area contributed by atoms with Gasteiger partial charge in [0.2, 0.25) is 5.91 Å². The van der Waals surface area contributed by atoms with Gasteiger partial charge in [-0.1, -0.05) is 62.7 Å². The lowest BCUT2D eigenvalue weighted by Crippen LogP contribution is -2.47. The van der Waals surface area contributed by atoms with E-state index in [9.17, 15) is 9.59 Å². The molecule has 0 aliphatic heterocycles. The van der Waals surface area contributed by atoms with Gasteiger partial charge in [-0.2, -0.15) is 0 Å². The number of anilines is 1. The van der Waals surface area contributed by atoms with E-state index >= 15 is 0 Å². The summed E-state index contributed by atoms with van der Waals surface area (Å²) in [6, 6.07) is 19.8. The molecule has 7 nitrogen and oxygen atoms in total. The lowest BCUT2D eigenvalue weighted by molar-refractivity contribution is -0.119. The molecule has 2 aromatic carbocycles. The van der Waals surface area contributed by atoms with Gasteiger partial charge in [-0.3, -0.25) is 4.79 Å². The first-order valence-corrected chi connectivity index (χ1v) is 11.0. The molecule has 2 amide bonds. The SMILES string of the molecule is CC[C@H](C)[C@H](NC(=O)OCc1ccccc1)C(=O)Nc1cccc(COCc2ccco2)c1. The van der Waals surface area contributed by atoms with Crippen molar-refractivity contribution in [3.63, 3.8) is 0 Å². The van der Waals surface area contributed by atoms with E-state index in [2.05, 4.69) is 10.6 Å². The van der Waals surface area contributed by atoms with E-state index in [1.165, 1.54) is 0 Å². The van der Waals surface area contributed by atoms with Gasteiger partial charge in [0.25, 0.3) is 0 Å². The molecule has 0 aliphatic carbocycles. The van der Waals surface area contributed by atoms with E-state index in [0.717, 1.165) is 23.3 Å². The number of rotatable bonds is 11. The zero-order valence-electron chi connectivity index (χ0n) is 19.0. The molecule has 0 unspecified atom stereocenters.